The summed E-state index contributed by atoms with van der Waals surface area (Å²) < 4.78 is 87.5. The highest BCUT2D eigenvalue weighted by atomic mass is 19.4. The number of rotatable bonds is 2. The van der Waals surface area contributed by atoms with E-state index in [1.54, 1.807) is 20.8 Å². The van der Waals surface area contributed by atoms with Crippen molar-refractivity contribution in [3.63, 3.8) is 0 Å². The molecule has 1 aromatic carbocycles. The molecule has 1 atom stereocenters. The van der Waals surface area contributed by atoms with Crippen molar-refractivity contribution in [2.75, 3.05) is 6.54 Å². The molecule has 3 rings (SSSR count). The summed E-state index contributed by atoms with van der Waals surface area (Å²) in [5, 5.41) is -0.367. The molecule has 2 aromatic rings. The number of benzene rings is 1. The van der Waals surface area contributed by atoms with E-state index in [0.717, 1.165) is 17.0 Å². The molecule has 1 fully saturated rings. The summed E-state index contributed by atoms with van der Waals surface area (Å²) in [4.78, 5) is 29.0. The van der Waals surface area contributed by atoms with Crippen LogP contribution in [-0.4, -0.2) is 34.4 Å². The Balaban J connectivity index is 2.31. The van der Waals surface area contributed by atoms with Gasteiger partial charge in [0.05, 0.1) is 17.1 Å². The highest BCUT2D eigenvalue weighted by Crippen LogP contribution is 2.45. The molecule has 1 aliphatic rings. The first-order valence-corrected chi connectivity index (χ1v) is 9.71. The van der Waals surface area contributed by atoms with E-state index in [2.05, 4.69) is 4.98 Å². The van der Waals surface area contributed by atoms with Crippen molar-refractivity contribution in [3.05, 3.63) is 40.6 Å². The predicted octanol–water partition coefficient (Wildman–Crippen LogP) is 6.16. The number of para-hydroxylation sites is 1. The van der Waals surface area contributed by atoms with Crippen LogP contribution in [0, 0.1) is 0 Å². The molecule has 32 heavy (non-hydrogen) atoms. The summed E-state index contributed by atoms with van der Waals surface area (Å²) in [6, 6.07) is 1.48. The minimum Gasteiger partial charge on any atom is -0.444 e. The SMILES string of the molecule is CC(C)(C)OC(=O)N1CCC[C@H]1c1c(C(F)(F)F)nc2c(C(F)(F)F)cccc2c1C=O. The van der Waals surface area contributed by atoms with Gasteiger partial charge in [-0.05, 0) is 39.7 Å². The molecule has 1 saturated heterocycles. The van der Waals surface area contributed by atoms with Crippen LogP contribution in [0.4, 0.5) is 31.1 Å². The van der Waals surface area contributed by atoms with E-state index in [1.807, 2.05) is 0 Å². The van der Waals surface area contributed by atoms with Gasteiger partial charge in [-0.2, -0.15) is 26.3 Å². The molecule has 1 aromatic heterocycles. The average molecular weight is 462 g/mol. The van der Waals surface area contributed by atoms with Crippen LogP contribution in [0.15, 0.2) is 18.2 Å². The lowest BCUT2D eigenvalue weighted by atomic mass is 9.92. The highest BCUT2D eigenvalue weighted by molar-refractivity contribution is 6.00. The Hall–Kier alpha value is -2.85. The van der Waals surface area contributed by atoms with Gasteiger partial charge in [0.25, 0.3) is 0 Å². The van der Waals surface area contributed by atoms with Gasteiger partial charge < -0.3 is 9.64 Å². The van der Waals surface area contributed by atoms with E-state index in [1.165, 1.54) is 0 Å². The number of alkyl halides is 6. The summed E-state index contributed by atoms with van der Waals surface area (Å²) in [5.74, 6) is 0. The van der Waals surface area contributed by atoms with Crippen LogP contribution in [0.2, 0.25) is 0 Å². The molecule has 0 saturated carbocycles. The number of aldehydes is 1. The zero-order valence-corrected chi connectivity index (χ0v) is 17.4. The van der Waals surface area contributed by atoms with Gasteiger partial charge in [-0.15, -0.1) is 0 Å². The van der Waals surface area contributed by atoms with E-state index < -0.39 is 58.0 Å². The number of likely N-dealkylation sites (tertiary alicyclic amines) is 1. The number of carbonyl (C=O) groups excluding carboxylic acids is 2. The monoisotopic (exact) mass is 462 g/mol. The van der Waals surface area contributed by atoms with Crippen molar-refractivity contribution in [3.8, 4) is 0 Å². The molecule has 1 aliphatic heterocycles. The molecule has 0 unspecified atom stereocenters. The van der Waals surface area contributed by atoms with Gasteiger partial charge in [-0.25, -0.2) is 9.78 Å². The number of amides is 1. The topological polar surface area (TPSA) is 59.5 Å². The minimum absolute atomic E-state index is 0.0648. The van der Waals surface area contributed by atoms with Crippen LogP contribution in [0.3, 0.4) is 0 Å². The van der Waals surface area contributed by atoms with Gasteiger partial charge in [0, 0.05) is 23.1 Å². The molecule has 5 nitrogen and oxygen atoms in total. The zero-order valence-electron chi connectivity index (χ0n) is 17.4. The Morgan fingerprint density at radius 2 is 1.78 bits per heavy atom. The normalized spacial score (nSPS) is 17.7. The largest absolute Gasteiger partial charge is 0.444 e. The van der Waals surface area contributed by atoms with E-state index in [9.17, 15) is 35.9 Å². The number of fused-ring (bicyclic) bond motifs is 1. The molecular formula is C21H20F6N2O3. The fourth-order valence-corrected chi connectivity index (χ4v) is 3.84. The van der Waals surface area contributed by atoms with E-state index in [4.69, 9.17) is 4.74 Å². The molecule has 0 N–H and O–H groups in total. The Labute approximate surface area is 179 Å². The van der Waals surface area contributed by atoms with Crippen molar-refractivity contribution < 1.29 is 40.7 Å². The Bertz CT molecular complexity index is 1060. The number of pyridine rings is 1. The van der Waals surface area contributed by atoms with E-state index in [-0.39, 0.29) is 24.6 Å². The first-order valence-electron chi connectivity index (χ1n) is 9.71. The molecule has 1 amide bonds. The lowest BCUT2D eigenvalue weighted by Crippen LogP contribution is -2.37. The molecule has 0 spiro atoms. The molecule has 0 radical (unpaired) electrons. The first-order chi connectivity index (χ1) is 14.6. The maximum atomic E-state index is 14.0. The Kier molecular flexibility index (Phi) is 5.90. The number of hydrogen-bond acceptors (Lipinski definition) is 4. The molecule has 2 heterocycles. The fourth-order valence-electron chi connectivity index (χ4n) is 3.84. The standard InChI is InChI=1S/C21H20F6N2O3/c1-19(2,3)32-18(31)29-9-5-8-14(29)15-12(10-30)11-6-4-7-13(20(22,23)24)16(11)28-17(15)21(25,26)27/h4,6-7,10,14H,5,8-9H2,1-3H3/t14-/m0/s1. The van der Waals surface area contributed by atoms with Crippen LogP contribution in [0.25, 0.3) is 10.9 Å². The highest BCUT2D eigenvalue weighted by Gasteiger charge is 2.45. The minimum atomic E-state index is -5.16. The maximum Gasteiger partial charge on any atom is 0.433 e. The van der Waals surface area contributed by atoms with Gasteiger partial charge in [-0.1, -0.05) is 12.1 Å². The summed E-state index contributed by atoms with van der Waals surface area (Å²) in [7, 11) is 0. The summed E-state index contributed by atoms with van der Waals surface area (Å²) in [6.07, 6.45) is -10.6. The van der Waals surface area contributed by atoms with Crippen molar-refractivity contribution >= 4 is 23.3 Å². The molecular weight excluding hydrogens is 442 g/mol. The number of aromatic nitrogens is 1. The Morgan fingerprint density at radius 3 is 2.31 bits per heavy atom. The van der Waals surface area contributed by atoms with Crippen molar-refractivity contribution in [1.29, 1.82) is 0 Å². The van der Waals surface area contributed by atoms with Crippen molar-refractivity contribution in [2.24, 2.45) is 0 Å². The second-order valence-corrected chi connectivity index (χ2v) is 8.43. The Morgan fingerprint density at radius 1 is 1.12 bits per heavy atom. The van der Waals surface area contributed by atoms with Crippen LogP contribution in [0.1, 0.15) is 66.8 Å². The third kappa shape index (κ3) is 4.51. The third-order valence-electron chi connectivity index (χ3n) is 5.00. The number of carbonyl (C=O) groups is 2. The van der Waals surface area contributed by atoms with Gasteiger partial charge in [0.15, 0.2) is 12.0 Å². The number of nitrogens with zero attached hydrogens (tertiary/aromatic N) is 2. The summed E-state index contributed by atoms with van der Waals surface area (Å²) in [5.41, 5.74) is -6.10. The average Bonchev–Trinajstić information content (AvgIpc) is 3.12. The van der Waals surface area contributed by atoms with Gasteiger partial charge in [0.2, 0.25) is 0 Å². The van der Waals surface area contributed by atoms with E-state index in [0.29, 0.717) is 12.5 Å². The molecule has 174 valence electrons. The van der Waals surface area contributed by atoms with Crippen LogP contribution in [0.5, 0.6) is 0 Å². The molecule has 0 bridgehead atoms. The maximum absolute atomic E-state index is 14.0. The molecule has 11 heteroatoms. The zero-order chi connectivity index (χ0) is 24.1. The van der Waals surface area contributed by atoms with Crippen LogP contribution in [-0.2, 0) is 17.1 Å². The third-order valence-corrected chi connectivity index (χ3v) is 5.00. The van der Waals surface area contributed by atoms with Gasteiger partial charge in [0.1, 0.15) is 5.60 Å². The summed E-state index contributed by atoms with van der Waals surface area (Å²) >= 11 is 0. The van der Waals surface area contributed by atoms with Crippen molar-refractivity contribution in [1.82, 2.24) is 9.88 Å². The van der Waals surface area contributed by atoms with Crippen molar-refractivity contribution in [2.45, 2.75) is 57.6 Å². The van der Waals surface area contributed by atoms with Gasteiger partial charge in [-0.3, -0.25) is 4.79 Å². The fraction of sp³-hybridized carbons (Fsp3) is 0.476. The quantitative estimate of drug-likeness (QED) is 0.396. The second-order valence-electron chi connectivity index (χ2n) is 8.43. The number of ether oxygens (including phenoxy) is 1. The van der Waals surface area contributed by atoms with E-state index >= 15 is 0 Å². The second kappa shape index (κ2) is 7.93. The smallest absolute Gasteiger partial charge is 0.433 e. The lowest BCUT2D eigenvalue weighted by molar-refractivity contribution is -0.143. The number of hydrogen-bond donors (Lipinski definition) is 0. The molecule has 0 aliphatic carbocycles. The lowest BCUT2D eigenvalue weighted by Gasteiger charge is -2.30. The number of halogens is 6. The summed E-state index contributed by atoms with van der Waals surface area (Å²) in [6.45, 7) is 4.83. The van der Waals surface area contributed by atoms with Gasteiger partial charge >= 0.3 is 18.4 Å². The van der Waals surface area contributed by atoms with Crippen LogP contribution < -0.4 is 0 Å². The van der Waals surface area contributed by atoms with Crippen LogP contribution >= 0.6 is 0 Å². The predicted molar refractivity (Wildman–Crippen MR) is 102 cm³/mol. The first kappa shape index (κ1) is 23.8.